The Morgan fingerprint density at radius 2 is 2.12 bits per heavy atom. The molecule has 1 unspecified atom stereocenters. The van der Waals surface area contributed by atoms with E-state index < -0.39 is 0 Å². The first-order valence-electron chi connectivity index (χ1n) is 6.40. The molecule has 0 amide bonds. The summed E-state index contributed by atoms with van der Waals surface area (Å²) in [5.41, 5.74) is 2.99. The van der Waals surface area contributed by atoms with Crippen molar-refractivity contribution in [3.8, 4) is 0 Å². The first-order chi connectivity index (χ1) is 7.84. The standard InChI is InChI=1S/C13H21N3/c1-16-6-3-10(4-7-16)12-9-14-8-11-2-5-15-13(11)12/h2,5,10,12,14-15H,3-4,6-9H2,1H3. The summed E-state index contributed by atoms with van der Waals surface area (Å²) in [4.78, 5) is 5.91. The summed E-state index contributed by atoms with van der Waals surface area (Å²) in [6, 6.07) is 2.23. The minimum absolute atomic E-state index is 0.715. The second-order valence-electron chi connectivity index (χ2n) is 5.29. The van der Waals surface area contributed by atoms with Crippen LogP contribution in [0.2, 0.25) is 0 Å². The number of fused-ring (bicyclic) bond motifs is 1. The molecular weight excluding hydrogens is 198 g/mol. The molecular formula is C13H21N3. The lowest BCUT2D eigenvalue weighted by Crippen LogP contribution is -2.38. The molecule has 1 atom stereocenters. The zero-order valence-electron chi connectivity index (χ0n) is 10.00. The number of hydrogen-bond acceptors (Lipinski definition) is 2. The van der Waals surface area contributed by atoms with Crippen molar-refractivity contribution in [1.29, 1.82) is 0 Å². The van der Waals surface area contributed by atoms with Crippen LogP contribution in [0, 0.1) is 5.92 Å². The Bertz CT molecular complexity index is 350. The smallest absolute Gasteiger partial charge is 0.0239 e. The highest BCUT2D eigenvalue weighted by atomic mass is 15.1. The topological polar surface area (TPSA) is 31.1 Å². The number of likely N-dealkylation sites (tertiary alicyclic amines) is 1. The summed E-state index contributed by atoms with van der Waals surface area (Å²) in [6.45, 7) is 4.72. The monoisotopic (exact) mass is 219 g/mol. The Hall–Kier alpha value is -0.800. The number of nitrogens with one attached hydrogen (secondary N) is 2. The molecule has 0 aliphatic carbocycles. The molecule has 0 saturated carbocycles. The van der Waals surface area contributed by atoms with Crippen LogP contribution in [-0.2, 0) is 6.54 Å². The van der Waals surface area contributed by atoms with Crippen LogP contribution in [0.5, 0.6) is 0 Å². The van der Waals surface area contributed by atoms with Crippen molar-refractivity contribution in [2.24, 2.45) is 5.92 Å². The van der Waals surface area contributed by atoms with Crippen LogP contribution < -0.4 is 5.32 Å². The quantitative estimate of drug-likeness (QED) is 0.751. The summed E-state index contributed by atoms with van der Waals surface area (Å²) in [5, 5.41) is 3.55. The van der Waals surface area contributed by atoms with E-state index in [2.05, 4.69) is 34.5 Å². The van der Waals surface area contributed by atoms with Gasteiger partial charge in [0, 0.05) is 30.9 Å². The molecule has 3 heterocycles. The van der Waals surface area contributed by atoms with Crippen molar-refractivity contribution >= 4 is 0 Å². The van der Waals surface area contributed by atoms with Crippen LogP contribution in [-0.4, -0.2) is 36.6 Å². The van der Waals surface area contributed by atoms with Crippen LogP contribution >= 0.6 is 0 Å². The molecule has 1 fully saturated rings. The molecule has 16 heavy (non-hydrogen) atoms. The molecule has 88 valence electrons. The molecule has 3 heteroatoms. The number of piperidine rings is 1. The summed E-state index contributed by atoms with van der Waals surface area (Å²) in [7, 11) is 2.23. The predicted molar refractivity (Wildman–Crippen MR) is 65.5 cm³/mol. The number of hydrogen-bond donors (Lipinski definition) is 2. The molecule has 0 spiro atoms. The van der Waals surface area contributed by atoms with Crippen molar-refractivity contribution in [1.82, 2.24) is 15.2 Å². The Labute approximate surface area is 97.2 Å². The molecule has 1 aromatic rings. The molecule has 0 radical (unpaired) electrons. The predicted octanol–water partition coefficient (Wildman–Crippen LogP) is 1.54. The van der Waals surface area contributed by atoms with E-state index in [9.17, 15) is 0 Å². The van der Waals surface area contributed by atoms with E-state index in [1.54, 1.807) is 0 Å². The molecule has 2 aliphatic rings. The molecule has 0 bridgehead atoms. The molecule has 3 nitrogen and oxygen atoms in total. The maximum Gasteiger partial charge on any atom is 0.0239 e. The lowest BCUT2D eigenvalue weighted by molar-refractivity contribution is 0.191. The zero-order chi connectivity index (χ0) is 11.0. The van der Waals surface area contributed by atoms with E-state index in [1.807, 2.05) is 0 Å². The fourth-order valence-electron chi connectivity index (χ4n) is 3.21. The Morgan fingerprint density at radius 1 is 1.31 bits per heavy atom. The maximum absolute atomic E-state index is 3.55. The van der Waals surface area contributed by atoms with Gasteiger partial charge in [-0.1, -0.05) is 0 Å². The second kappa shape index (κ2) is 4.22. The highest BCUT2D eigenvalue weighted by Gasteiger charge is 2.30. The zero-order valence-corrected chi connectivity index (χ0v) is 10.00. The molecule has 1 aromatic heterocycles. The molecule has 1 saturated heterocycles. The molecule has 2 N–H and O–H groups in total. The minimum Gasteiger partial charge on any atom is -0.364 e. The number of nitrogens with zero attached hydrogens (tertiary/aromatic N) is 1. The number of H-pyrrole nitrogens is 1. The lowest BCUT2D eigenvalue weighted by atomic mass is 9.80. The highest BCUT2D eigenvalue weighted by Crippen LogP contribution is 2.34. The molecule has 3 rings (SSSR count). The maximum atomic E-state index is 3.55. The summed E-state index contributed by atoms with van der Waals surface area (Å²) >= 11 is 0. The lowest BCUT2D eigenvalue weighted by Gasteiger charge is -2.36. The average molecular weight is 219 g/mol. The first kappa shape index (κ1) is 10.4. The van der Waals surface area contributed by atoms with Crippen molar-refractivity contribution in [2.45, 2.75) is 25.3 Å². The third-order valence-corrected chi connectivity index (χ3v) is 4.25. The Morgan fingerprint density at radius 3 is 2.94 bits per heavy atom. The summed E-state index contributed by atoms with van der Waals surface area (Å²) < 4.78 is 0. The third kappa shape index (κ3) is 1.78. The molecule has 0 aromatic carbocycles. The van der Waals surface area contributed by atoms with Gasteiger partial charge in [-0.3, -0.25) is 0 Å². The van der Waals surface area contributed by atoms with Gasteiger partial charge in [0.1, 0.15) is 0 Å². The van der Waals surface area contributed by atoms with Crippen molar-refractivity contribution in [2.75, 3.05) is 26.7 Å². The number of aromatic amines is 1. The van der Waals surface area contributed by atoms with E-state index >= 15 is 0 Å². The third-order valence-electron chi connectivity index (χ3n) is 4.25. The van der Waals surface area contributed by atoms with Gasteiger partial charge in [0.25, 0.3) is 0 Å². The van der Waals surface area contributed by atoms with Crippen LogP contribution in [0.4, 0.5) is 0 Å². The van der Waals surface area contributed by atoms with Crippen LogP contribution in [0.3, 0.4) is 0 Å². The van der Waals surface area contributed by atoms with Gasteiger partial charge >= 0.3 is 0 Å². The van der Waals surface area contributed by atoms with E-state index in [0.717, 1.165) is 19.0 Å². The second-order valence-corrected chi connectivity index (χ2v) is 5.29. The van der Waals surface area contributed by atoms with Crippen molar-refractivity contribution < 1.29 is 0 Å². The van der Waals surface area contributed by atoms with Gasteiger partial charge in [-0.25, -0.2) is 0 Å². The minimum atomic E-state index is 0.715. The first-order valence-corrected chi connectivity index (χ1v) is 6.40. The van der Waals surface area contributed by atoms with Gasteiger partial charge in [0.15, 0.2) is 0 Å². The molecule has 2 aliphatic heterocycles. The fourth-order valence-corrected chi connectivity index (χ4v) is 3.21. The average Bonchev–Trinajstić information content (AvgIpc) is 2.78. The van der Waals surface area contributed by atoms with Crippen molar-refractivity contribution in [3.05, 3.63) is 23.5 Å². The number of aromatic nitrogens is 1. The Balaban J connectivity index is 1.77. The summed E-state index contributed by atoms with van der Waals surface area (Å²) in [6.07, 6.45) is 4.79. The summed E-state index contributed by atoms with van der Waals surface area (Å²) in [5.74, 6) is 1.58. The fraction of sp³-hybridized carbons (Fsp3) is 0.692. The van der Waals surface area contributed by atoms with E-state index in [1.165, 1.54) is 37.2 Å². The Kier molecular flexibility index (Phi) is 2.74. The largest absolute Gasteiger partial charge is 0.364 e. The highest BCUT2D eigenvalue weighted by molar-refractivity contribution is 5.27. The van der Waals surface area contributed by atoms with Gasteiger partial charge in [-0.15, -0.1) is 0 Å². The normalized spacial score (nSPS) is 27.9. The van der Waals surface area contributed by atoms with Crippen molar-refractivity contribution in [3.63, 3.8) is 0 Å². The SMILES string of the molecule is CN1CCC(C2CNCc3cc[nH]c32)CC1. The van der Waals surface area contributed by atoms with Gasteiger partial charge < -0.3 is 15.2 Å². The van der Waals surface area contributed by atoms with Crippen LogP contribution in [0.1, 0.15) is 30.0 Å². The van der Waals surface area contributed by atoms with Gasteiger partial charge in [-0.05, 0) is 50.5 Å². The number of rotatable bonds is 1. The van der Waals surface area contributed by atoms with Gasteiger partial charge in [0.05, 0.1) is 0 Å². The van der Waals surface area contributed by atoms with Crippen LogP contribution in [0.15, 0.2) is 12.3 Å². The van der Waals surface area contributed by atoms with Gasteiger partial charge in [-0.2, -0.15) is 0 Å². The van der Waals surface area contributed by atoms with E-state index in [-0.39, 0.29) is 0 Å². The van der Waals surface area contributed by atoms with E-state index in [4.69, 9.17) is 0 Å². The van der Waals surface area contributed by atoms with E-state index in [0.29, 0.717) is 5.92 Å². The van der Waals surface area contributed by atoms with Crippen LogP contribution in [0.25, 0.3) is 0 Å². The van der Waals surface area contributed by atoms with Gasteiger partial charge in [0.2, 0.25) is 0 Å².